The Morgan fingerprint density at radius 2 is 2.09 bits per heavy atom. The number of carbonyl (C=O) groups is 2. The van der Waals surface area contributed by atoms with Crippen molar-refractivity contribution in [1.29, 1.82) is 0 Å². The zero-order valence-electron chi connectivity index (χ0n) is 11.4. The number of carbonyl (C=O) groups excluding carboxylic acids is 2. The fourth-order valence-electron chi connectivity index (χ4n) is 1.40. The van der Waals surface area contributed by atoms with Crippen LogP contribution in [0.5, 0.6) is 0 Å². The summed E-state index contributed by atoms with van der Waals surface area (Å²) in [7, 11) is 1.12. The van der Waals surface area contributed by atoms with Crippen molar-refractivity contribution in [3.05, 3.63) is 29.0 Å². The number of thiophene rings is 1. The predicted octanol–water partition coefficient (Wildman–Crippen LogP) is 2.69. The lowest BCUT2D eigenvalue weighted by Gasteiger charge is -2.29. The molecule has 0 spiro atoms. The second-order valence-electron chi connectivity index (χ2n) is 4.07. The molecule has 1 aromatic heterocycles. The monoisotopic (exact) mass is 386 g/mol. The van der Waals surface area contributed by atoms with E-state index in [0.717, 1.165) is 7.11 Å². The molecular formula is C12H13Cl3N2O4S. The molecule has 1 unspecified atom stereocenters. The standard InChI is InChI=1S/C12H13Cl3N2O4S/c1-7(8-4-3-5-22-8)12(16,9(18)20-2)17-10(19)21-6-11(13,14)15/h3-5H,1,6,16H2,2H3,(H,17,19). The zero-order chi connectivity index (χ0) is 17.0. The van der Waals surface area contributed by atoms with Crippen LogP contribution >= 0.6 is 46.1 Å². The SMILES string of the molecule is C=C(c1cccs1)C(N)(NC(=O)OCC(Cl)(Cl)Cl)C(=O)OC. The summed E-state index contributed by atoms with van der Waals surface area (Å²) in [6.07, 6.45) is -1.06. The van der Waals surface area contributed by atoms with E-state index in [1.165, 1.54) is 11.3 Å². The fraction of sp³-hybridized carbons (Fsp3) is 0.333. The lowest BCUT2D eigenvalue weighted by Crippen LogP contribution is -2.62. The van der Waals surface area contributed by atoms with Crippen molar-refractivity contribution in [2.75, 3.05) is 13.7 Å². The summed E-state index contributed by atoms with van der Waals surface area (Å²) in [6, 6.07) is 3.43. The van der Waals surface area contributed by atoms with Crippen LogP contribution in [0, 0.1) is 0 Å². The fourth-order valence-corrected chi connectivity index (χ4v) is 2.33. The molecule has 0 aromatic carbocycles. The lowest BCUT2D eigenvalue weighted by molar-refractivity contribution is -0.145. The van der Waals surface area contributed by atoms with Gasteiger partial charge in [0.1, 0.15) is 6.61 Å². The Morgan fingerprint density at radius 1 is 1.45 bits per heavy atom. The first-order chi connectivity index (χ1) is 10.1. The number of esters is 1. The van der Waals surface area contributed by atoms with Gasteiger partial charge in [-0.25, -0.2) is 9.59 Å². The highest BCUT2D eigenvalue weighted by atomic mass is 35.6. The number of nitrogens with two attached hydrogens (primary N) is 1. The highest BCUT2D eigenvalue weighted by molar-refractivity contribution is 7.11. The topological polar surface area (TPSA) is 90.6 Å². The molecule has 1 rings (SSSR count). The molecule has 1 aromatic rings. The van der Waals surface area contributed by atoms with Gasteiger partial charge in [0.25, 0.3) is 0 Å². The van der Waals surface area contributed by atoms with Crippen LogP contribution in [-0.4, -0.2) is 35.2 Å². The Labute approximate surface area is 146 Å². The molecule has 0 bridgehead atoms. The molecule has 0 radical (unpaired) electrons. The van der Waals surface area contributed by atoms with Crippen molar-refractivity contribution in [3.63, 3.8) is 0 Å². The van der Waals surface area contributed by atoms with E-state index < -0.39 is 28.1 Å². The molecule has 6 nitrogen and oxygen atoms in total. The van der Waals surface area contributed by atoms with Gasteiger partial charge in [0.15, 0.2) is 0 Å². The molecule has 3 N–H and O–H groups in total. The van der Waals surface area contributed by atoms with Crippen molar-refractivity contribution in [1.82, 2.24) is 5.32 Å². The van der Waals surface area contributed by atoms with Crippen LogP contribution in [0.1, 0.15) is 4.88 Å². The van der Waals surface area contributed by atoms with Gasteiger partial charge >= 0.3 is 12.1 Å². The molecule has 0 aliphatic carbocycles. The Hall–Kier alpha value is -0.990. The Morgan fingerprint density at radius 3 is 2.55 bits per heavy atom. The number of halogens is 3. The van der Waals surface area contributed by atoms with E-state index in [1.54, 1.807) is 17.5 Å². The van der Waals surface area contributed by atoms with Gasteiger partial charge in [-0.1, -0.05) is 47.4 Å². The Kier molecular flexibility index (Phi) is 6.51. The van der Waals surface area contributed by atoms with Gasteiger partial charge in [-0.2, -0.15) is 0 Å². The van der Waals surface area contributed by atoms with E-state index in [1.807, 2.05) is 0 Å². The number of nitrogens with one attached hydrogen (secondary N) is 1. The van der Waals surface area contributed by atoms with Crippen LogP contribution in [-0.2, 0) is 14.3 Å². The Balaban J connectivity index is 2.91. The minimum atomic E-state index is -2.01. The highest BCUT2D eigenvalue weighted by Crippen LogP contribution is 2.28. The zero-order valence-corrected chi connectivity index (χ0v) is 14.5. The minimum absolute atomic E-state index is 0.139. The van der Waals surface area contributed by atoms with Crippen LogP contribution in [0.4, 0.5) is 4.79 Å². The van der Waals surface area contributed by atoms with Crippen LogP contribution < -0.4 is 11.1 Å². The molecule has 22 heavy (non-hydrogen) atoms. The van der Waals surface area contributed by atoms with Crippen molar-refractivity contribution in [3.8, 4) is 0 Å². The van der Waals surface area contributed by atoms with Gasteiger partial charge in [0.05, 0.1) is 7.11 Å². The normalized spacial score (nSPS) is 13.9. The van der Waals surface area contributed by atoms with Crippen molar-refractivity contribution in [2.45, 2.75) is 9.46 Å². The van der Waals surface area contributed by atoms with Gasteiger partial charge < -0.3 is 9.47 Å². The molecule has 1 atom stereocenters. The maximum Gasteiger partial charge on any atom is 0.409 e. The van der Waals surface area contributed by atoms with Crippen molar-refractivity contribution < 1.29 is 19.1 Å². The predicted molar refractivity (Wildman–Crippen MR) is 87.1 cm³/mol. The summed E-state index contributed by atoms with van der Waals surface area (Å²) in [6.45, 7) is 3.21. The highest BCUT2D eigenvalue weighted by Gasteiger charge is 2.42. The molecular weight excluding hydrogens is 375 g/mol. The number of ether oxygens (including phenoxy) is 2. The number of hydrogen-bond donors (Lipinski definition) is 2. The summed E-state index contributed by atoms with van der Waals surface area (Å²) in [5, 5.41) is 3.94. The first-order valence-corrected chi connectivity index (χ1v) is 7.73. The third-order valence-electron chi connectivity index (χ3n) is 2.47. The van der Waals surface area contributed by atoms with Gasteiger partial charge in [-0.3, -0.25) is 11.1 Å². The molecule has 0 saturated heterocycles. The third-order valence-corrected chi connectivity index (χ3v) is 3.73. The molecule has 0 aliphatic rings. The second-order valence-corrected chi connectivity index (χ2v) is 7.54. The molecule has 0 aliphatic heterocycles. The molecule has 0 fully saturated rings. The van der Waals surface area contributed by atoms with Crippen molar-refractivity contribution >= 4 is 63.8 Å². The second kappa shape index (κ2) is 7.52. The average molecular weight is 388 g/mol. The molecule has 10 heteroatoms. The molecule has 0 saturated carbocycles. The van der Waals surface area contributed by atoms with Crippen molar-refractivity contribution in [2.24, 2.45) is 5.73 Å². The maximum atomic E-state index is 12.0. The number of methoxy groups -OCH3 is 1. The first-order valence-electron chi connectivity index (χ1n) is 5.72. The number of hydrogen-bond acceptors (Lipinski definition) is 6. The molecule has 1 amide bonds. The van der Waals surface area contributed by atoms with Crippen LogP contribution in [0.3, 0.4) is 0 Å². The Bertz CT molecular complexity index is 559. The average Bonchev–Trinajstić information content (AvgIpc) is 2.96. The number of rotatable bonds is 5. The summed E-state index contributed by atoms with van der Waals surface area (Å²) < 4.78 is 7.52. The van der Waals surface area contributed by atoms with Crippen LogP contribution in [0.25, 0.3) is 5.57 Å². The molecule has 1 heterocycles. The smallest absolute Gasteiger partial charge is 0.409 e. The number of alkyl halides is 3. The van der Waals surface area contributed by atoms with Gasteiger partial charge in [-0.15, -0.1) is 11.3 Å². The van der Waals surface area contributed by atoms with E-state index in [0.29, 0.717) is 4.88 Å². The van der Waals surface area contributed by atoms with Crippen LogP contribution in [0.2, 0.25) is 0 Å². The van der Waals surface area contributed by atoms with Gasteiger partial charge in [0.2, 0.25) is 9.46 Å². The summed E-state index contributed by atoms with van der Waals surface area (Å²) in [4.78, 5) is 24.3. The summed E-state index contributed by atoms with van der Waals surface area (Å²) in [5.41, 5.74) is 4.08. The summed E-state index contributed by atoms with van der Waals surface area (Å²) in [5.74, 6) is -0.920. The first kappa shape index (κ1) is 19.1. The van der Waals surface area contributed by atoms with Gasteiger partial charge in [-0.05, 0) is 11.4 Å². The minimum Gasteiger partial charge on any atom is -0.466 e. The quantitative estimate of drug-likeness (QED) is 0.460. The van der Waals surface area contributed by atoms with E-state index in [9.17, 15) is 9.59 Å². The van der Waals surface area contributed by atoms with E-state index in [-0.39, 0.29) is 5.57 Å². The van der Waals surface area contributed by atoms with E-state index in [2.05, 4.69) is 16.6 Å². The largest absolute Gasteiger partial charge is 0.466 e. The maximum absolute atomic E-state index is 12.0. The van der Waals surface area contributed by atoms with E-state index >= 15 is 0 Å². The summed E-state index contributed by atoms with van der Waals surface area (Å²) >= 11 is 17.7. The number of alkyl carbamates (subject to hydrolysis) is 1. The molecule has 122 valence electrons. The van der Waals surface area contributed by atoms with E-state index in [4.69, 9.17) is 45.3 Å². The lowest BCUT2D eigenvalue weighted by atomic mass is 10.0. The third kappa shape index (κ3) is 5.03. The van der Waals surface area contributed by atoms with Gasteiger partial charge in [0, 0.05) is 10.5 Å². The van der Waals surface area contributed by atoms with Crippen LogP contribution in [0.15, 0.2) is 24.1 Å². The number of amides is 1.